The second-order valence-corrected chi connectivity index (χ2v) is 5.45. The lowest BCUT2D eigenvalue weighted by Crippen LogP contribution is -1.99. The molecule has 0 aromatic carbocycles. The van der Waals surface area contributed by atoms with Gasteiger partial charge in [0.05, 0.1) is 0 Å². The highest BCUT2D eigenvalue weighted by Crippen LogP contribution is 2.16. The van der Waals surface area contributed by atoms with E-state index < -0.39 is 0 Å². The Balaban J connectivity index is 4.00. The van der Waals surface area contributed by atoms with E-state index >= 15 is 0 Å². The van der Waals surface area contributed by atoms with E-state index in [-0.39, 0.29) is 0 Å². The summed E-state index contributed by atoms with van der Waals surface area (Å²) in [6, 6.07) is 0. The topological polar surface area (TPSA) is 0 Å². The molecule has 0 unspecified atom stereocenters. The van der Waals surface area contributed by atoms with Crippen molar-refractivity contribution in [2.75, 3.05) is 0 Å². The Morgan fingerprint density at radius 3 is 1.00 bits per heavy atom. The molecule has 0 N–H and O–H groups in total. The van der Waals surface area contributed by atoms with E-state index in [9.17, 15) is 0 Å². The molecule has 0 heteroatoms. The fraction of sp³-hybridized carbons (Fsp3) is 0.667. The number of allylic oxidation sites excluding steroid dienone is 4. The quantitative estimate of drug-likeness (QED) is 0.512. The molecule has 0 aromatic rings. The van der Waals surface area contributed by atoms with Crippen molar-refractivity contribution in [1.29, 1.82) is 0 Å². The standard InChI is InChI=1S/C12H22/c1-11(2,3)9-7-8-10-12(4,5)6/h7-10H,1-6H3/b9-7-,10-8+. The van der Waals surface area contributed by atoms with Crippen molar-refractivity contribution in [3.05, 3.63) is 24.3 Å². The Kier molecular flexibility index (Phi) is 3.76. The molecule has 12 heavy (non-hydrogen) atoms. The van der Waals surface area contributed by atoms with Gasteiger partial charge in [-0.15, -0.1) is 0 Å². The summed E-state index contributed by atoms with van der Waals surface area (Å²) in [7, 11) is 0. The molecule has 0 saturated carbocycles. The van der Waals surface area contributed by atoms with Crippen LogP contribution in [0.4, 0.5) is 0 Å². The molecule has 0 saturated heterocycles. The van der Waals surface area contributed by atoms with Crippen molar-refractivity contribution in [2.45, 2.75) is 41.5 Å². The van der Waals surface area contributed by atoms with Gasteiger partial charge in [-0.3, -0.25) is 0 Å². The van der Waals surface area contributed by atoms with E-state index in [1.165, 1.54) is 0 Å². The summed E-state index contributed by atoms with van der Waals surface area (Å²) in [6.45, 7) is 13.2. The highest BCUT2D eigenvalue weighted by molar-refractivity contribution is 5.08. The van der Waals surface area contributed by atoms with Crippen molar-refractivity contribution >= 4 is 0 Å². The summed E-state index contributed by atoms with van der Waals surface area (Å²) in [6.07, 6.45) is 8.70. The van der Waals surface area contributed by atoms with Gasteiger partial charge in [0, 0.05) is 0 Å². The minimum atomic E-state index is 0.294. The molecule has 0 aliphatic carbocycles. The summed E-state index contributed by atoms with van der Waals surface area (Å²) >= 11 is 0. The molecule has 0 fully saturated rings. The largest absolute Gasteiger partial charge is 0.0791 e. The van der Waals surface area contributed by atoms with E-state index in [0.717, 1.165) is 0 Å². The predicted octanol–water partition coefficient (Wildman–Crippen LogP) is 4.19. The van der Waals surface area contributed by atoms with Crippen LogP contribution in [0.3, 0.4) is 0 Å². The lowest BCUT2D eigenvalue weighted by atomic mass is 9.94. The van der Waals surface area contributed by atoms with Crippen molar-refractivity contribution in [2.24, 2.45) is 10.8 Å². The average molecular weight is 166 g/mol. The van der Waals surface area contributed by atoms with Crippen LogP contribution < -0.4 is 0 Å². The summed E-state index contributed by atoms with van der Waals surface area (Å²) in [5.74, 6) is 0. The van der Waals surface area contributed by atoms with Crippen molar-refractivity contribution in [1.82, 2.24) is 0 Å². The average Bonchev–Trinajstić information content (AvgIpc) is 1.76. The molecule has 0 spiro atoms. The first-order valence-electron chi connectivity index (χ1n) is 4.58. The lowest BCUT2D eigenvalue weighted by Gasteiger charge is -2.12. The Labute approximate surface area is 77.4 Å². The monoisotopic (exact) mass is 166 g/mol. The third-order valence-corrected chi connectivity index (χ3v) is 1.30. The molecule has 70 valence electrons. The van der Waals surface area contributed by atoms with E-state index in [1.807, 2.05) is 0 Å². The van der Waals surface area contributed by atoms with Crippen LogP contribution in [0, 0.1) is 10.8 Å². The summed E-state index contributed by atoms with van der Waals surface area (Å²) < 4.78 is 0. The van der Waals surface area contributed by atoms with Crippen molar-refractivity contribution in [3.8, 4) is 0 Å². The molecule has 0 aliphatic rings. The number of rotatable bonds is 1. The van der Waals surface area contributed by atoms with Crippen LogP contribution >= 0.6 is 0 Å². The molecule has 0 aliphatic heterocycles. The second-order valence-electron chi connectivity index (χ2n) is 5.45. The van der Waals surface area contributed by atoms with Crippen LogP contribution in [-0.4, -0.2) is 0 Å². The third-order valence-electron chi connectivity index (χ3n) is 1.30. The Morgan fingerprint density at radius 2 is 0.833 bits per heavy atom. The normalized spacial score (nSPS) is 14.8. The van der Waals surface area contributed by atoms with E-state index in [2.05, 4.69) is 65.8 Å². The molecule has 0 nitrogen and oxygen atoms in total. The highest BCUT2D eigenvalue weighted by Gasteiger charge is 2.03. The molecule has 0 amide bonds. The number of hydrogen-bond acceptors (Lipinski definition) is 0. The first-order valence-corrected chi connectivity index (χ1v) is 4.58. The molecule has 0 heterocycles. The zero-order chi connectivity index (χ0) is 9.83. The third kappa shape index (κ3) is 9.48. The fourth-order valence-corrected chi connectivity index (χ4v) is 0.688. The highest BCUT2D eigenvalue weighted by atomic mass is 14.1. The molecule has 0 aromatic heterocycles. The van der Waals surface area contributed by atoms with Crippen LogP contribution in [0.1, 0.15) is 41.5 Å². The molecule has 0 radical (unpaired) electrons. The van der Waals surface area contributed by atoms with E-state index in [1.54, 1.807) is 0 Å². The second kappa shape index (κ2) is 3.93. The molecule has 0 atom stereocenters. The minimum Gasteiger partial charge on any atom is -0.0791 e. The van der Waals surface area contributed by atoms with Crippen LogP contribution in [-0.2, 0) is 0 Å². The van der Waals surface area contributed by atoms with Crippen LogP contribution in [0.25, 0.3) is 0 Å². The summed E-state index contributed by atoms with van der Waals surface area (Å²) in [4.78, 5) is 0. The minimum absolute atomic E-state index is 0.294. The first-order chi connectivity index (χ1) is 5.21. The van der Waals surface area contributed by atoms with Crippen LogP contribution in [0.5, 0.6) is 0 Å². The van der Waals surface area contributed by atoms with Gasteiger partial charge in [0.2, 0.25) is 0 Å². The maximum Gasteiger partial charge on any atom is -0.0200 e. The van der Waals surface area contributed by atoms with Crippen molar-refractivity contribution < 1.29 is 0 Å². The van der Waals surface area contributed by atoms with Gasteiger partial charge >= 0.3 is 0 Å². The molecular weight excluding hydrogens is 144 g/mol. The van der Waals surface area contributed by atoms with Crippen LogP contribution in [0.2, 0.25) is 0 Å². The van der Waals surface area contributed by atoms with Gasteiger partial charge in [-0.25, -0.2) is 0 Å². The first kappa shape index (κ1) is 11.5. The zero-order valence-corrected chi connectivity index (χ0v) is 9.31. The Hall–Kier alpha value is -0.520. The predicted molar refractivity (Wildman–Crippen MR) is 57.2 cm³/mol. The van der Waals surface area contributed by atoms with Gasteiger partial charge in [0.1, 0.15) is 0 Å². The molecular formula is C12H22. The Morgan fingerprint density at radius 1 is 0.583 bits per heavy atom. The van der Waals surface area contributed by atoms with Gasteiger partial charge in [-0.05, 0) is 10.8 Å². The smallest absolute Gasteiger partial charge is 0.0200 e. The maximum atomic E-state index is 2.22. The van der Waals surface area contributed by atoms with Crippen molar-refractivity contribution in [3.63, 3.8) is 0 Å². The summed E-state index contributed by atoms with van der Waals surface area (Å²) in [5, 5.41) is 0. The molecule has 0 rings (SSSR count). The van der Waals surface area contributed by atoms with Crippen LogP contribution in [0.15, 0.2) is 24.3 Å². The maximum absolute atomic E-state index is 2.22. The SMILES string of the molecule is CC(C)(C)/C=C\C=C\C(C)(C)C. The fourth-order valence-electron chi connectivity index (χ4n) is 0.688. The summed E-state index contributed by atoms with van der Waals surface area (Å²) in [5.41, 5.74) is 0.588. The van der Waals surface area contributed by atoms with Gasteiger partial charge in [0.25, 0.3) is 0 Å². The van der Waals surface area contributed by atoms with E-state index in [4.69, 9.17) is 0 Å². The van der Waals surface area contributed by atoms with Gasteiger partial charge in [-0.2, -0.15) is 0 Å². The van der Waals surface area contributed by atoms with Gasteiger partial charge < -0.3 is 0 Å². The zero-order valence-electron chi connectivity index (χ0n) is 9.31. The van der Waals surface area contributed by atoms with E-state index in [0.29, 0.717) is 10.8 Å². The van der Waals surface area contributed by atoms with Gasteiger partial charge in [0.15, 0.2) is 0 Å². The number of hydrogen-bond donors (Lipinski definition) is 0. The Bertz CT molecular complexity index is 147. The van der Waals surface area contributed by atoms with Gasteiger partial charge in [-0.1, -0.05) is 65.8 Å². The lowest BCUT2D eigenvalue weighted by molar-refractivity contribution is 0.539. The molecule has 0 bridgehead atoms.